The van der Waals surface area contributed by atoms with Crippen LogP contribution in [0.4, 0.5) is 5.69 Å². The molecule has 4 rings (SSSR count). The van der Waals surface area contributed by atoms with E-state index in [1.165, 1.54) is 16.8 Å². The van der Waals surface area contributed by atoms with E-state index in [9.17, 15) is 23.1 Å². The van der Waals surface area contributed by atoms with Crippen LogP contribution in [-0.2, 0) is 19.6 Å². The second-order valence-electron chi connectivity index (χ2n) is 9.75. The number of nitrogens with one attached hydrogen (secondary N) is 2. The van der Waals surface area contributed by atoms with E-state index in [1.807, 2.05) is 6.92 Å². The lowest BCUT2D eigenvalue weighted by Gasteiger charge is -2.26. The zero-order valence-corrected chi connectivity index (χ0v) is 24.1. The first-order chi connectivity index (χ1) is 19.6. The molecule has 1 atom stereocenters. The standard InChI is InChI=1S/C28H35N5O7S/c1-4-19(2)26(34)30-21-10-11-23(24(18-21)41(37,38)29-12-13-32-14-16-39-17-15-32)40-27-20(3)25(28(35)36)31-33(27)22-8-6-5-7-9-22/h5-11,18-19,29H,4,12-17H2,1-3H3,(H,30,34)(H,35,36). The van der Waals surface area contributed by atoms with Gasteiger partial charge in [-0.25, -0.2) is 17.9 Å². The van der Waals surface area contributed by atoms with Crippen LogP contribution in [0, 0.1) is 12.8 Å². The number of carboxylic acid groups (broad SMARTS) is 1. The van der Waals surface area contributed by atoms with Crippen LogP contribution in [-0.4, -0.2) is 79.5 Å². The van der Waals surface area contributed by atoms with E-state index in [4.69, 9.17) is 9.47 Å². The largest absolute Gasteiger partial charge is 0.476 e. The van der Waals surface area contributed by atoms with Crippen molar-refractivity contribution in [2.24, 2.45) is 5.92 Å². The average molecular weight is 586 g/mol. The molecule has 41 heavy (non-hydrogen) atoms. The summed E-state index contributed by atoms with van der Waals surface area (Å²) in [7, 11) is -4.13. The molecule has 1 aromatic heterocycles. The van der Waals surface area contributed by atoms with Gasteiger partial charge in [0.2, 0.25) is 21.8 Å². The Bertz CT molecular complexity index is 1480. The molecule has 220 valence electrons. The molecule has 0 saturated carbocycles. The van der Waals surface area contributed by atoms with Crippen LogP contribution >= 0.6 is 0 Å². The van der Waals surface area contributed by atoms with Crippen molar-refractivity contribution in [3.63, 3.8) is 0 Å². The summed E-state index contributed by atoms with van der Waals surface area (Å²) in [6, 6.07) is 13.1. The number of carbonyl (C=O) groups is 2. The molecule has 12 nitrogen and oxygen atoms in total. The summed E-state index contributed by atoms with van der Waals surface area (Å²) in [5.41, 5.74) is 0.813. The van der Waals surface area contributed by atoms with Crippen LogP contribution in [0.1, 0.15) is 36.3 Å². The molecule has 1 unspecified atom stereocenters. The van der Waals surface area contributed by atoms with Crippen molar-refractivity contribution in [1.29, 1.82) is 0 Å². The lowest BCUT2D eigenvalue weighted by Crippen LogP contribution is -2.41. The summed E-state index contributed by atoms with van der Waals surface area (Å²) in [5, 5.41) is 16.7. The highest BCUT2D eigenvalue weighted by atomic mass is 32.2. The van der Waals surface area contributed by atoms with E-state index in [-0.39, 0.29) is 51.8 Å². The zero-order chi connectivity index (χ0) is 29.6. The Labute approximate surface area is 239 Å². The van der Waals surface area contributed by atoms with E-state index < -0.39 is 16.0 Å². The Morgan fingerprint density at radius 1 is 1.15 bits per heavy atom. The van der Waals surface area contributed by atoms with Gasteiger partial charge in [0.1, 0.15) is 10.6 Å². The number of nitrogens with zero attached hydrogens (tertiary/aromatic N) is 3. The van der Waals surface area contributed by atoms with E-state index in [0.717, 1.165) is 0 Å². The van der Waals surface area contributed by atoms with Crippen LogP contribution < -0.4 is 14.8 Å². The average Bonchev–Trinajstić information content (AvgIpc) is 3.30. The fourth-order valence-electron chi connectivity index (χ4n) is 4.22. The van der Waals surface area contributed by atoms with E-state index in [2.05, 4.69) is 20.0 Å². The summed E-state index contributed by atoms with van der Waals surface area (Å²) >= 11 is 0. The van der Waals surface area contributed by atoms with Crippen LogP contribution in [0.5, 0.6) is 11.6 Å². The number of morpholine rings is 1. The number of carboxylic acids is 1. The number of amides is 1. The number of hydrogen-bond donors (Lipinski definition) is 3. The van der Waals surface area contributed by atoms with Crippen LogP contribution in [0.15, 0.2) is 53.4 Å². The van der Waals surface area contributed by atoms with Gasteiger partial charge >= 0.3 is 5.97 Å². The summed E-state index contributed by atoms with van der Waals surface area (Å²) in [6.45, 7) is 8.46. The molecule has 1 aliphatic rings. The highest BCUT2D eigenvalue weighted by Gasteiger charge is 2.27. The first kappa shape index (κ1) is 30.2. The SMILES string of the molecule is CCC(C)C(=O)Nc1ccc(Oc2c(C)c(C(=O)O)nn2-c2ccccc2)c(S(=O)(=O)NCCN2CCOCC2)c1. The third-order valence-corrected chi connectivity index (χ3v) is 8.35. The van der Waals surface area contributed by atoms with Gasteiger partial charge in [0, 0.05) is 43.3 Å². The predicted octanol–water partition coefficient (Wildman–Crippen LogP) is 3.27. The van der Waals surface area contributed by atoms with E-state index in [0.29, 0.717) is 45.0 Å². The molecule has 2 heterocycles. The zero-order valence-electron chi connectivity index (χ0n) is 23.3. The van der Waals surface area contributed by atoms with Crippen molar-refractivity contribution < 1.29 is 32.6 Å². The summed E-state index contributed by atoms with van der Waals surface area (Å²) in [4.78, 5) is 26.3. The monoisotopic (exact) mass is 585 g/mol. The van der Waals surface area contributed by atoms with Gasteiger partial charge in [0.25, 0.3) is 0 Å². The first-order valence-corrected chi connectivity index (χ1v) is 14.9. The van der Waals surface area contributed by atoms with Gasteiger partial charge in [-0.3, -0.25) is 9.69 Å². The van der Waals surface area contributed by atoms with Gasteiger partial charge in [0.05, 0.1) is 18.9 Å². The maximum Gasteiger partial charge on any atom is 0.356 e. The second-order valence-corrected chi connectivity index (χ2v) is 11.5. The molecule has 3 N–H and O–H groups in total. The number of ether oxygens (including phenoxy) is 2. The Kier molecular flexibility index (Phi) is 9.76. The number of rotatable bonds is 12. The fourth-order valence-corrected chi connectivity index (χ4v) is 5.40. The second kappa shape index (κ2) is 13.3. The Balaban J connectivity index is 1.71. The van der Waals surface area contributed by atoms with Crippen LogP contribution in [0.2, 0.25) is 0 Å². The molecule has 0 bridgehead atoms. The molecule has 1 aliphatic heterocycles. The maximum atomic E-state index is 13.6. The van der Waals surface area contributed by atoms with Crippen LogP contribution in [0.3, 0.4) is 0 Å². The van der Waals surface area contributed by atoms with Crippen LogP contribution in [0.25, 0.3) is 5.69 Å². The highest BCUT2D eigenvalue weighted by molar-refractivity contribution is 7.89. The minimum atomic E-state index is -4.13. The number of anilines is 1. The molecule has 0 aliphatic carbocycles. The molecule has 0 spiro atoms. The summed E-state index contributed by atoms with van der Waals surface area (Å²) in [5.74, 6) is -1.76. The molecule has 0 radical (unpaired) electrons. The quantitative estimate of drug-likeness (QED) is 0.291. The fraction of sp³-hybridized carbons (Fsp3) is 0.393. The smallest absolute Gasteiger partial charge is 0.356 e. The van der Waals surface area contributed by atoms with Gasteiger partial charge in [0.15, 0.2) is 5.69 Å². The molecule has 3 aromatic rings. The molecular formula is C28H35N5O7S. The third-order valence-electron chi connectivity index (χ3n) is 6.86. The van der Waals surface area contributed by atoms with Crippen molar-refractivity contribution in [3.05, 3.63) is 59.8 Å². The van der Waals surface area contributed by atoms with Gasteiger partial charge in [-0.1, -0.05) is 32.0 Å². The predicted molar refractivity (Wildman–Crippen MR) is 152 cm³/mol. The van der Waals surface area contributed by atoms with Crippen molar-refractivity contribution in [2.45, 2.75) is 32.1 Å². The Morgan fingerprint density at radius 3 is 2.51 bits per heavy atom. The van der Waals surface area contributed by atoms with Gasteiger partial charge in [-0.2, -0.15) is 9.78 Å². The Hall–Kier alpha value is -3.78. The molecule has 13 heteroatoms. The third kappa shape index (κ3) is 7.30. The van der Waals surface area contributed by atoms with E-state index >= 15 is 0 Å². The molecule has 1 fully saturated rings. The number of carbonyl (C=O) groups excluding carboxylic acids is 1. The van der Waals surface area contributed by atoms with Gasteiger partial charge in [-0.15, -0.1) is 0 Å². The molecule has 1 amide bonds. The number of hydrogen-bond acceptors (Lipinski definition) is 8. The summed E-state index contributed by atoms with van der Waals surface area (Å²) < 4.78 is 42.6. The van der Waals surface area contributed by atoms with Gasteiger partial charge < -0.3 is 19.9 Å². The molecule has 1 saturated heterocycles. The van der Waals surface area contributed by atoms with Crippen molar-refractivity contribution in [1.82, 2.24) is 19.4 Å². The number of aromatic nitrogens is 2. The molecule has 2 aromatic carbocycles. The molecular weight excluding hydrogens is 550 g/mol. The minimum absolute atomic E-state index is 0.0507. The summed E-state index contributed by atoms with van der Waals surface area (Å²) in [6.07, 6.45) is 0.621. The maximum absolute atomic E-state index is 13.6. The Morgan fingerprint density at radius 2 is 1.85 bits per heavy atom. The van der Waals surface area contributed by atoms with Gasteiger partial charge in [-0.05, 0) is 43.7 Å². The van der Waals surface area contributed by atoms with Crippen molar-refractivity contribution in [2.75, 3.05) is 44.7 Å². The minimum Gasteiger partial charge on any atom is -0.476 e. The number of aromatic carboxylic acids is 1. The number of para-hydroxylation sites is 1. The topological polar surface area (TPSA) is 152 Å². The lowest BCUT2D eigenvalue weighted by molar-refractivity contribution is -0.119. The first-order valence-electron chi connectivity index (χ1n) is 13.4. The van der Waals surface area contributed by atoms with Crippen molar-refractivity contribution >= 4 is 27.6 Å². The lowest BCUT2D eigenvalue weighted by atomic mass is 10.1. The highest BCUT2D eigenvalue weighted by Crippen LogP contribution is 2.35. The number of sulfonamides is 1. The van der Waals surface area contributed by atoms with E-state index in [1.54, 1.807) is 50.2 Å². The normalized spacial score (nSPS) is 14.9. The number of benzene rings is 2. The van der Waals surface area contributed by atoms with Crippen molar-refractivity contribution in [3.8, 4) is 17.3 Å².